The number of hydrogen-bond acceptors (Lipinski definition) is 4. The molecule has 0 amide bonds. The predicted molar refractivity (Wildman–Crippen MR) is 165 cm³/mol. The number of rotatable bonds is 5. The molecule has 0 bridgehead atoms. The van der Waals surface area contributed by atoms with Crippen LogP contribution in [-0.2, 0) is 17.4 Å². The summed E-state index contributed by atoms with van der Waals surface area (Å²) in [6.07, 6.45) is 0. The van der Waals surface area contributed by atoms with Crippen molar-refractivity contribution in [3.63, 3.8) is 0 Å². The molecule has 2 aliphatic rings. The van der Waals surface area contributed by atoms with Gasteiger partial charge in [0, 0.05) is 41.7 Å². The summed E-state index contributed by atoms with van der Waals surface area (Å²) < 4.78 is 6.51. The highest BCUT2D eigenvalue weighted by atomic mass is 16.3. The third-order valence-electron chi connectivity index (χ3n) is 7.64. The SMILES string of the molecule is CCN(CC)c1ccc2nc3c4ccccc4c(=NCc4cc(C(C)(C)C)cc(C(C)(C)C)c4)cc-3oc2c1. The first-order valence-corrected chi connectivity index (χ1v) is 14.1. The fraction of sp³-hybridized carbons (Fsp3) is 0.371. The molecular weight excluding hydrogens is 478 g/mol. The lowest BCUT2D eigenvalue weighted by Crippen LogP contribution is -2.21. The maximum atomic E-state index is 6.51. The van der Waals surface area contributed by atoms with Gasteiger partial charge in [0.25, 0.3) is 0 Å². The Kier molecular flexibility index (Phi) is 7.00. The molecule has 202 valence electrons. The zero-order chi connectivity index (χ0) is 27.9. The first-order chi connectivity index (χ1) is 18.5. The van der Waals surface area contributed by atoms with Crippen molar-refractivity contribution in [2.24, 2.45) is 4.99 Å². The molecule has 0 radical (unpaired) electrons. The first kappa shape index (κ1) is 26.9. The topological polar surface area (TPSA) is 41.6 Å². The maximum absolute atomic E-state index is 6.51. The van der Waals surface area contributed by atoms with E-state index in [1.165, 1.54) is 16.7 Å². The highest BCUT2D eigenvalue weighted by molar-refractivity contribution is 5.96. The Bertz CT molecular complexity index is 1650. The number of benzene rings is 4. The molecule has 0 aromatic heterocycles. The minimum atomic E-state index is 0.0707. The van der Waals surface area contributed by atoms with Crippen LogP contribution in [0.2, 0.25) is 0 Å². The predicted octanol–water partition coefficient (Wildman–Crippen LogP) is 8.63. The van der Waals surface area contributed by atoms with Gasteiger partial charge in [-0.2, -0.15) is 0 Å². The quantitative estimate of drug-likeness (QED) is 0.172. The molecule has 0 atom stereocenters. The normalized spacial score (nSPS) is 13.1. The van der Waals surface area contributed by atoms with E-state index < -0.39 is 0 Å². The molecular formula is C35H41N3O. The van der Waals surface area contributed by atoms with Crippen molar-refractivity contribution in [2.75, 3.05) is 18.0 Å². The first-order valence-electron chi connectivity index (χ1n) is 14.1. The molecule has 0 N–H and O–H groups in total. The molecule has 0 fully saturated rings. The van der Waals surface area contributed by atoms with Gasteiger partial charge < -0.3 is 9.32 Å². The summed E-state index contributed by atoms with van der Waals surface area (Å²) in [5, 5.41) is 3.09. The van der Waals surface area contributed by atoms with Gasteiger partial charge in [-0.1, -0.05) is 84.0 Å². The van der Waals surface area contributed by atoms with Crippen LogP contribution in [0.25, 0.3) is 33.3 Å². The summed E-state index contributed by atoms with van der Waals surface area (Å²) in [5.74, 6) is 0.760. The van der Waals surface area contributed by atoms with Gasteiger partial charge in [0.2, 0.25) is 0 Å². The highest BCUT2D eigenvalue weighted by Gasteiger charge is 2.21. The van der Waals surface area contributed by atoms with Gasteiger partial charge in [0.1, 0.15) is 11.2 Å². The van der Waals surface area contributed by atoms with Gasteiger partial charge in [-0.15, -0.1) is 0 Å². The van der Waals surface area contributed by atoms with Crippen molar-refractivity contribution >= 4 is 27.6 Å². The highest BCUT2D eigenvalue weighted by Crippen LogP contribution is 2.33. The molecule has 1 aliphatic heterocycles. The molecule has 0 saturated carbocycles. The van der Waals surface area contributed by atoms with Gasteiger partial charge >= 0.3 is 0 Å². The molecule has 3 aromatic carbocycles. The van der Waals surface area contributed by atoms with Crippen LogP contribution < -0.4 is 10.3 Å². The number of fused-ring (bicyclic) bond motifs is 4. The lowest BCUT2D eigenvalue weighted by molar-refractivity contribution is 0.567. The molecule has 4 nitrogen and oxygen atoms in total. The zero-order valence-electron chi connectivity index (χ0n) is 24.7. The number of hydrogen-bond donors (Lipinski definition) is 0. The average Bonchev–Trinajstić information content (AvgIpc) is 2.90. The van der Waals surface area contributed by atoms with Crippen LogP contribution in [0, 0.1) is 0 Å². The van der Waals surface area contributed by atoms with E-state index in [1.807, 2.05) is 0 Å². The van der Waals surface area contributed by atoms with Crippen LogP contribution >= 0.6 is 0 Å². The summed E-state index contributed by atoms with van der Waals surface area (Å²) >= 11 is 0. The van der Waals surface area contributed by atoms with Crippen LogP contribution in [-0.4, -0.2) is 18.1 Å². The van der Waals surface area contributed by atoms with Gasteiger partial charge in [0.15, 0.2) is 11.3 Å². The van der Waals surface area contributed by atoms with E-state index in [0.717, 1.165) is 57.5 Å². The number of anilines is 1. The molecule has 1 heterocycles. The fourth-order valence-corrected chi connectivity index (χ4v) is 5.17. The van der Waals surface area contributed by atoms with E-state index in [-0.39, 0.29) is 10.8 Å². The summed E-state index contributed by atoms with van der Waals surface area (Å²) in [5.41, 5.74) is 7.74. The Morgan fingerprint density at radius 3 is 2.03 bits per heavy atom. The van der Waals surface area contributed by atoms with E-state index in [2.05, 4.69) is 127 Å². The van der Waals surface area contributed by atoms with Crippen LogP contribution in [0.1, 0.15) is 72.1 Å². The van der Waals surface area contributed by atoms with E-state index >= 15 is 0 Å². The Labute approximate surface area is 232 Å². The molecule has 39 heavy (non-hydrogen) atoms. The minimum absolute atomic E-state index is 0.0707. The second-order valence-corrected chi connectivity index (χ2v) is 12.6. The second kappa shape index (κ2) is 10.1. The third-order valence-corrected chi connectivity index (χ3v) is 7.64. The molecule has 5 rings (SSSR count). The molecule has 3 aromatic rings. The average molecular weight is 520 g/mol. The largest absolute Gasteiger partial charge is 0.453 e. The molecule has 1 aliphatic carbocycles. The second-order valence-electron chi connectivity index (χ2n) is 12.6. The Morgan fingerprint density at radius 2 is 1.41 bits per heavy atom. The summed E-state index contributed by atoms with van der Waals surface area (Å²) in [7, 11) is 0. The van der Waals surface area contributed by atoms with Gasteiger partial charge in [0.05, 0.1) is 11.9 Å². The number of nitrogens with zero attached hydrogens (tertiary/aromatic N) is 3. The molecule has 0 spiro atoms. The van der Waals surface area contributed by atoms with Crippen molar-refractivity contribution in [1.29, 1.82) is 0 Å². The van der Waals surface area contributed by atoms with Crippen LogP contribution in [0.15, 0.2) is 76.1 Å². The van der Waals surface area contributed by atoms with Crippen LogP contribution in [0.5, 0.6) is 0 Å². The van der Waals surface area contributed by atoms with Gasteiger partial charge in [-0.05, 0) is 53.5 Å². The molecule has 0 unspecified atom stereocenters. The summed E-state index contributed by atoms with van der Waals surface area (Å²) in [6.45, 7) is 20.5. The minimum Gasteiger partial charge on any atom is -0.453 e. The van der Waals surface area contributed by atoms with Gasteiger partial charge in [-0.25, -0.2) is 4.98 Å². The van der Waals surface area contributed by atoms with E-state index in [4.69, 9.17) is 14.4 Å². The maximum Gasteiger partial charge on any atom is 0.155 e. The Morgan fingerprint density at radius 1 is 0.769 bits per heavy atom. The van der Waals surface area contributed by atoms with Crippen molar-refractivity contribution < 1.29 is 4.42 Å². The van der Waals surface area contributed by atoms with Gasteiger partial charge in [-0.3, -0.25) is 4.99 Å². The van der Waals surface area contributed by atoms with Crippen molar-refractivity contribution in [2.45, 2.75) is 72.8 Å². The molecule has 0 saturated heterocycles. The third kappa shape index (κ3) is 5.43. The standard InChI is InChI=1S/C35H41N3O/c1-9-38(10-2)26-15-16-29-31(20-26)39-32-21-30(27-13-11-12-14-28(27)33(32)37-29)36-22-23-17-24(34(3,4)5)19-25(18-23)35(6,7)8/h11-21H,9-10,22H2,1-8H3. The van der Waals surface area contributed by atoms with Crippen molar-refractivity contribution in [3.05, 3.63) is 88.8 Å². The molecule has 4 heteroatoms. The zero-order valence-corrected chi connectivity index (χ0v) is 24.7. The lowest BCUT2D eigenvalue weighted by Gasteiger charge is -2.26. The Balaban J connectivity index is 1.67. The van der Waals surface area contributed by atoms with E-state index in [1.54, 1.807) is 0 Å². The van der Waals surface area contributed by atoms with E-state index in [9.17, 15) is 0 Å². The Hall–Kier alpha value is -3.66. The summed E-state index contributed by atoms with van der Waals surface area (Å²) in [6, 6.07) is 23.7. The monoisotopic (exact) mass is 519 g/mol. The van der Waals surface area contributed by atoms with Crippen LogP contribution in [0.4, 0.5) is 5.69 Å². The summed E-state index contributed by atoms with van der Waals surface area (Å²) in [4.78, 5) is 12.5. The number of aromatic nitrogens is 1. The lowest BCUT2D eigenvalue weighted by atomic mass is 9.79. The van der Waals surface area contributed by atoms with Crippen LogP contribution in [0.3, 0.4) is 0 Å². The van der Waals surface area contributed by atoms with E-state index in [0.29, 0.717) is 6.54 Å². The fourth-order valence-electron chi connectivity index (χ4n) is 5.17. The van der Waals surface area contributed by atoms with Crippen molar-refractivity contribution in [3.8, 4) is 11.5 Å². The van der Waals surface area contributed by atoms with Crippen molar-refractivity contribution in [1.82, 2.24) is 4.98 Å². The smallest absolute Gasteiger partial charge is 0.155 e.